The topological polar surface area (TPSA) is 142 Å². The van der Waals surface area contributed by atoms with Gasteiger partial charge in [-0.1, -0.05) is 6.92 Å². The zero-order chi connectivity index (χ0) is 24.4. The third-order valence-electron chi connectivity index (χ3n) is 5.56. The average molecular weight is 470 g/mol. The molecule has 2 aromatic carbocycles. The Balaban J connectivity index is 1.88. The van der Waals surface area contributed by atoms with Gasteiger partial charge in [0.1, 0.15) is 46.6 Å². The number of primary amides is 1. The highest BCUT2D eigenvalue weighted by molar-refractivity contribution is 6.01. The van der Waals surface area contributed by atoms with Crippen LogP contribution in [-0.2, 0) is 11.3 Å². The smallest absolute Gasteiger partial charge is 0.258 e. The number of amidine groups is 1. The van der Waals surface area contributed by atoms with Gasteiger partial charge in [0, 0.05) is 18.7 Å². The van der Waals surface area contributed by atoms with Crippen LogP contribution in [0, 0.1) is 17.0 Å². The number of nitrogens with one attached hydrogen (secondary N) is 1. The minimum absolute atomic E-state index is 0.0577. The van der Waals surface area contributed by atoms with E-state index >= 15 is 4.39 Å². The summed E-state index contributed by atoms with van der Waals surface area (Å²) in [6, 6.07) is 5.22. The van der Waals surface area contributed by atoms with Crippen LogP contribution in [0.2, 0.25) is 0 Å². The Bertz CT molecular complexity index is 1300. The van der Waals surface area contributed by atoms with Crippen LogP contribution in [0.3, 0.4) is 0 Å². The first-order valence-corrected chi connectivity index (χ1v) is 10.8. The number of rotatable bonds is 7. The molecule has 4 rings (SSSR count). The molecule has 3 aromatic rings. The Hall–Kier alpha value is -4.02. The van der Waals surface area contributed by atoms with Gasteiger partial charge in [0.25, 0.3) is 5.91 Å². The van der Waals surface area contributed by atoms with E-state index in [1.54, 1.807) is 23.6 Å². The lowest BCUT2D eigenvalue weighted by Crippen LogP contribution is -2.32. The molecule has 1 aliphatic rings. The van der Waals surface area contributed by atoms with Gasteiger partial charge in [-0.15, -0.1) is 0 Å². The number of aryl methyl sites for hydroxylation is 1. The summed E-state index contributed by atoms with van der Waals surface area (Å²) in [6.45, 7) is 2.76. The Morgan fingerprint density at radius 3 is 2.79 bits per heavy atom. The van der Waals surface area contributed by atoms with Crippen molar-refractivity contribution in [3.8, 4) is 22.9 Å². The average Bonchev–Trinajstić information content (AvgIpc) is 3.14. The Labute approximate surface area is 193 Å². The maximum Gasteiger partial charge on any atom is 0.258 e. The minimum Gasteiger partial charge on any atom is -0.491 e. The van der Waals surface area contributed by atoms with Crippen molar-refractivity contribution >= 4 is 29.1 Å². The molecule has 34 heavy (non-hydrogen) atoms. The quantitative estimate of drug-likeness (QED) is 0.359. The van der Waals surface area contributed by atoms with E-state index in [1.165, 1.54) is 0 Å². The van der Waals surface area contributed by atoms with Crippen LogP contribution < -0.4 is 20.9 Å². The highest BCUT2D eigenvalue weighted by Gasteiger charge is 2.24. The van der Waals surface area contributed by atoms with Crippen molar-refractivity contribution in [2.75, 3.05) is 6.61 Å². The Morgan fingerprint density at radius 2 is 2.09 bits per heavy atom. The van der Waals surface area contributed by atoms with Crippen molar-refractivity contribution < 1.29 is 23.0 Å². The zero-order valence-corrected chi connectivity index (χ0v) is 18.5. The van der Waals surface area contributed by atoms with E-state index in [0.29, 0.717) is 48.4 Å². The van der Waals surface area contributed by atoms with Crippen molar-refractivity contribution in [2.45, 2.75) is 38.8 Å². The number of benzene rings is 2. The number of carbonyl (C=O) groups excluding carboxylic acids is 1. The summed E-state index contributed by atoms with van der Waals surface area (Å²) in [5, 5.41) is 6.99. The summed E-state index contributed by atoms with van der Waals surface area (Å²) in [4.78, 5) is 19.7. The van der Waals surface area contributed by atoms with Gasteiger partial charge in [0.2, 0.25) is 0 Å². The fourth-order valence-corrected chi connectivity index (χ4v) is 3.92. The molecule has 0 radical (unpaired) electrons. The monoisotopic (exact) mass is 470 g/mol. The standard InChI is InChI=1S/C23H24F2N6O3/c1-2-18(22(28)32)34-12-7-17-20-19(8-12)33-6-4-3-5-31(20)23(30-17)14-10-15(24)13(9-16(14)25)21(27)29-11-26/h7-11,18H,2-6H2,1H3,(H2,28,32)(H3,26,27,29)/t18-/m0/s1. The Morgan fingerprint density at radius 1 is 1.29 bits per heavy atom. The molecule has 178 valence electrons. The summed E-state index contributed by atoms with van der Waals surface area (Å²) in [7, 11) is 0. The number of aliphatic imine (C=N–C) groups is 1. The first-order chi connectivity index (χ1) is 16.3. The van der Waals surface area contributed by atoms with Crippen molar-refractivity contribution in [1.29, 1.82) is 5.41 Å². The fraction of sp³-hybridized carbons (Fsp3) is 0.304. The van der Waals surface area contributed by atoms with E-state index in [2.05, 4.69) is 9.98 Å². The number of carbonyl (C=O) groups is 1. The van der Waals surface area contributed by atoms with Gasteiger partial charge >= 0.3 is 0 Å². The van der Waals surface area contributed by atoms with Crippen molar-refractivity contribution in [3.63, 3.8) is 0 Å². The summed E-state index contributed by atoms with van der Waals surface area (Å²) < 4.78 is 43.4. The molecule has 0 aliphatic carbocycles. The van der Waals surface area contributed by atoms with Crippen LogP contribution >= 0.6 is 0 Å². The van der Waals surface area contributed by atoms with Gasteiger partial charge in [-0.05, 0) is 31.4 Å². The summed E-state index contributed by atoms with van der Waals surface area (Å²) in [5.74, 6) is -1.43. The Kier molecular flexibility index (Phi) is 6.44. The number of hydrogen-bond donors (Lipinski definition) is 3. The van der Waals surface area contributed by atoms with E-state index in [-0.39, 0.29) is 22.8 Å². The number of aromatic nitrogens is 2. The fourth-order valence-electron chi connectivity index (χ4n) is 3.92. The number of nitrogens with two attached hydrogens (primary N) is 2. The molecule has 1 aliphatic heterocycles. The molecule has 0 bridgehead atoms. The first-order valence-electron chi connectivity index (χ1n) is 10.8. The predicted molar refractivity (Wildman–Crippen MR) is 123 cm³/mol. The van der Waals surface area contributed by atoms with Gasteiger partial charge in [-0.25, -0.2) is 18.8 Å². The second kappa shape index (κ2) is 9.46. The van der Waals surface area contributed by atoms with E-state index in [4.69, 9.17) is 26.4 Å². The summed E-state index contributed by atoms with van der Waals surface area (Å²) in [5.41, 5.74) is 11.8. The molecule has 2 heterocycles. The maximum absolute atomic E-state index is 15.2. The zero-order valence-electron chi connectivity index (χ0n) is 18.5. The normalized spacial score (nSPS) is 14.7. The van der Waals surface area contributed by atoms with E-state index in [0.717, 1.165) is 25.0 Å². The second-order valence-electron chi connectivity index (χ2n) is 7.80. The second-order valence-corrected chi connectivity index (χ2v) is 7.80. The highest BCUT2D eigenvalue weighted by atomic mass is 19.1. The lowest BCUT2D eigenvalue weighted by Gasteiger charge is -2.18. The highest BCUT2D eigenvalue weighted by Crippen LogP contribution is 2.37. The van der Waals surface area contributed by atoms with E-state index in [1.807, 2.05) is 0 Å². The van der Waals surface area contributed by atoms with Crippen molar-refractivity contribution in [3.05, 3.63) is 41.5 Å². The van der Waals surface area contributed by atoms with Crippen LogP contribution in [0.15, 0.2) is 29.3 Å². The third kappa shape index (κ3) is 4.28. The lowest BCUT2D eigenvalue weighted by atomic mass is 10.1. The molecule has 0 unspecified atom stereocenters. The molecule has 9 nitrogen and oxygen atoms in total. The van der Waals surface area contributed by atoms with Crippen LogP contribution in [0.1, 0.15) is 31.7 Å². The molecular formula is C23H24F2N6O3. The summed E-state index contributed by atoms with van der Waals surface area (Å²) in [6.07, 6.45) is 1.70. The van der Waals surface area contributed by atoms with Gasteiger partial charge in [-0.2, -0.15) is 0 Å². The molecule has 1 amide bonds. The molecule has 0 saturated carbocycles. The van der Waals surface area contributed by atoms with Crippen LogP contribution in [0.4, 0.5) is 8.78 Å². The van der Waals surface area contributed by atoms with Gasteiger partial charge < -0.3 is 25.5 Å². The third-order valence-corrected chi connectivity index (χ3v) is 5.56. The first kappa shape index (κ1) is 23.1. The number of hydrogen-bond acceptors (Lipinski definition) is 5. The van der Waals surface area contributed by atoms with Crippen molar-refractivity contribution in [1.82, 2.24) is 9.55 Å². The SMILES string of the molecule is CC[C@H](Oc1cc2c3c(c1)nc(-c1cc(F)c(C(N)=NC=N)cc1F)n3CCCCO2)C(N)=O. The summed E-state index contributed by atoms with van der Waals surface area (Å²) >= 11 is 0. The van der Waals surface area contributed by atoms with Gasteiger partial charge in [0.15, 0.2) is 6.10 Å². The molecule has 0 saturated heterocycles. The van der Waals surface area contributed by atoms with Crippen molar-refractivity contribution in [2.24, 2.45) is 16.5 Å². The molecule has 1 atom stereocenters. The van der Waals surface area contributed by atoms with Gasteiger partial charge in [0.05, 0.1) is 23.3 Å². The van der Waals surface area contributed by atoms with Gasteiger partial charge in [-0.3, -0.25) is 10.2 Å². The van der Waals surface area contributed by atoms with E-state index in [9.17, 15) is 9.18 Å². The molecular weight excluding hydrogens is 446 g/mol. The molecule has 0 spiro atoms. The number of halogens is 2. The maximum atomic E-state index is 15.2. The van der Waals surface area contributed by atoms with Crippen LogP contribution in [-0.4, -0.2) is 40.3 Å². The lowest BCUT2D eigenvalue weighted by molar-refractivity contribution is -0.124. The van der Waals surface area contributed by atoms with Crippen LogP contribution in [0.5, 0.6) is 11.5 Å². The molecule has 5 N–H and O–H groups in total. The molecule has 11 heteroatoms. The number of imidazole rings is 1. The number of amides is 1. The number of nitrogens with zero attached hydrogens (tertiary/aromatic N) is 3. The van der Waals surface area contributed by atoms with Crippen LogP contribution in [0.25, 0.3) is 22.4 Å². The molecule has 0 fully saturated rings. The predicted octanol–water partition coefficient (Wildman–Crippen LogP) is 3.11. The number of ether oxygens (including phenoxy) is 2. The minimum atomic E-state index is -0.827. The largest absolute Gasteiger partial charge is 0.491 e. The molecule has 1 aromatic heterocycles. The van der Waals surface area contributed by atoms with E-state index < -0.39 is 23.6 Å².